The third-order valence-electron chi connectivity index (χ3n) is 2.26. The van der Waals surface area contributed by atoms with Crippen LogP contribution in [0.4, 0.5) is 5.82 Å². The van der Waals surface area contributed by atoms with Crippen LogP contribution in [0.15, 0.2) is 23.6 Å². The number of carbonyl (C=O) groups is 1. The highest BCUT2D eigenvalue weighted by molar-refractivity contribution is 7.98. The van der Waals surface area contributed by atoms with Crippen LogP contribution >= 0.6 is 11.8 Å². The van der Waals surface area contributed by atoms with Gasteiger partial charge in [-0.15, -0.1) is 16.9 Å². The van der Waals surface area contributed by atoms with Crippen LogP contribution in [-0.2, 0) is 6.54 Å². The summed E-state index contributed by atoms with van der Waals surface area (Å²) in [6, 6.07) is 1.84. The van der Waals surface area contributed by atoms with Gasteiger partial charge in [0.15, 0.2) is 5.69 Å². The fourth-order valence-electron chi connectivity index (χ4n) is 1.35. The molecule has 19 heavy (non-hydrogen) atoms. The van der Waals surface area contributed by atoms with Gasteiger partial charge in [-0.1, -0.05) is 5.21 Å². The third-order valence-corrected chi connectivity index (χ3v) is 2.90. The van der Waals surface area contributed by atoms with E-state index in [0.717, 1.165) is 10.8 Å². The monoisotopic (exact) mass is 280 g/mol. The minimum Gasteiger partial charge on any atom is -0.476 e. The number of hydrogen-bond acceptors (Lipinski definition) is 7. The summed E-state index contributed by atoms with van der Waals surface area (Å²) < 4.78 is 1.47. The second kappa shape index (κ2) is 6.14. The Labute approximate surface area is 113 Å². The topological polar surface area (TPSA) is 106 Å². The molecule has 0 unspecified atom stereocenters. The predicted molar refractivity (Wildman–Crippen MR) is 69.3 cm³/mol. The third kappa shape index (κ3) is 3.65. The van der Waals surface area contributed by atoms with E-state index in [2.05, 4.69) is 25.6 Å². The minimum absolute atomic E-state index is 0.0632. The van der Waals surface area contributed by atoms with E-state index in [0.29, 0.717) is 13.1 Å². The van der Waals surface area contributed by atoms with E-state index in [4.69, 9.17) is 5.11 Å². The van der Waals surface area contributed by atoms with E-state index in [1.165, 1.54) is 29.0 Å². The van der Waals surface area contributed by atoms with Crippen molar-refractivity contribution in [1.29, 1.82) is 0 Å². The van der Waals surface area contributed by atoms with Gasteiger partial charge in [-0.05, 0) is 6.26 Å². The normalized spacial score (nSPS) is 10.4. The molecule has 2 aromatic rings. The van der Waals surface area contributed by atoms with Crippen molar-refractivity contribution in [2.75, 3.05) is 18.1 Å². The summed E-state index contributed by atoms with van der Waals surface area (Å²) in [7, 11) is 0. The lowest BCUT2D eigenvalue weighted by Crippen LogP contribution is -2.12. The number of thioether (sulfide) groups is 1. The number of aromatic nitrogens is 5. The summed E-state index contributed by atoms with van der Waals surface area (Å²) >= 11 is 1.54. The number of carboxylic acid groups (broad SMARTS) is 1. The van der Waals surface area contributed by atoms with E-state index >= 15 is 0 Å². The maximum absolute atomic E-state index is 10.6. The Morgan fingerprint density at radius 1 is 1.53 bits per heavy atom. The average Bonchev–Trinajstić information content (AvgIpc) is 2.88. The van der Waals surface area contributed by atoms with Crippen molar-refractivity contribution in [2.24, 2.45) is 0 Å². The van der Waals surface area contributed by atoms with Crippen molar-refractivity contribution >= 4 is 23.5 Å². The fourth-order valence-corrected chi connectivity index (χ4v) is 1.73. The number of rotatable bonds is 6. The van der Waals surface area contributed by atoms with Crippen LogP contribution in [0.2, 0.25) is 0 Å². The highest BCUT2D eigenvalue weighted by Gasteiger charge is 2.07. The second-order valence-corrected chi connectivity index (χ2v) is 4.37. The molecular weight excluding hydrogens is 268 g/mol. The quantitative estimate of drug-likeness (QED) is 0.585. The summed E-state index contributed by atoms with van der Waals surface area (Å²) in [5.74, 6) is -0.363. The Bertz CT molecular complexity index is 573. The zero-order chi connectivity index (χ0) is 13.7. The SMILES string of the molecule is CSc1cc(NCCn2cc(C(=O)O)nn2)ncn1. The largest absolute Gasteiger partial charge is 0.476 e. The smallest absolute Gasteiger partial charge is 0.358 e. The first kappa shape index (κ1) is 13.3. The molecule has 0 radical (unpaired) electrons. The predicted octanol–water partition coefficient (Wildman–Crippen LogP) is 0.600. The van der Waals surface area contributed by atoms with Crippen LogP contribution in [-0.4, -0.2) is 48.8 Å². The molecule has 8 nitrogen and oxygen atoms in total. The van der Waals surface area contributed by atoms with Crippen LogP contribution in [0, 0.1) is 0 Å². The highest BCUT2D eigenvalue weighted by atomic mass is 32.2. The Morgan fingerprint density at radius 2 is 2.37 bits per heavy atom. The van der Waals surface area contributed by atoms with Crippen LogP contribution in [0.1, 0.15) is 10.5 Å². The van der Waals surface area contributed by atoms with Crippen molar-refractivity contribution < 1.29 is 9.90 Å². The van der Waals surface area contributed by atoms with Gasteiger partial charge in [0.05, 0.1) is 12.7 Å². The van der Waals surface area contributed by atoms with Gasteiger partial charge in [0.1, 0.15) is 17.2 Å². The summed E-state index contributed by atoms with van der Waals surface area (Å²) in [5.41, 5.74) is -0.0632. The van der Waals surface area contributed by atoms with Crippen LogP contribution < -0.4 is 5.32 Å². The molecule has 2 rings (SSSR count). The molecule has 0 atom stereocenters. The first-order chi connectivity index (χ1) is 9.19. The van der Waals surface area contributed by atoms with Crippen molar-refractivity contribution in [2.45, 2.75) is 11.6 Å². The number of carboxylic acids is 1. The van der Waals surface area contributed by atoms with Crippen molar-refractivity contribution in [1.82, 2.24) is 25.0 Å². The van der Waals surface area contributed by atoms with Gasteiger partial charge in [0.2, 0.25) is 0 Å². The highest BCUT2D eigenvalue weighted by Crippen LogP contribution is 2.13. The first-order valence-corrected chi connectivity index (χ1v) is 6.65. The molecular formula is C10H12N6O2S. The van der Waals surface area contributed by atoms with Crippen LogP contribution in [0.5, 0.6) is 0 Å². The number of anilines is 1. The van der Waals surface area contributed by atoms with Crippen molar-refractivity contribution in [3.63, 3.8) is 0 Å². The van der Waals surface area contributed by atoms with Gasteiger partial charge in [0, 0.05) is 12.6 Å². The van der Waals surface area contributed by atoms with Gasteiger partial charge in [0.25, 0.3) is 0 Å². The molecule has 0 aliphatic rings. The molecule has 0 saturated carbocycles. The minimum atomic E-state index is -1.08. The van der Waals surface area contributed by atoms with Crippen LogP contribution in [0.3, 0.4) is 0 Å². The second-order valence-electron chi connectivity index (χ2n) is 3.54. The van der Waals surface area contributed by atoms with E-state index in [-0.39, 0.29) is 5.69 Å². The maximum Gasteiger partial charge on any atom is 0.358 e. The summed E-state index contributed by atoms with van der Waals surface area (Å²) in [6.45, 7) is 1.06. The Kier molecular flexibility index (Phi) is 4.29. The molecule has 0 aliphatic carbocycles. The van der Waals surface area contributed by atoms with Gasteiger partial charge < -0.3 is 10.4 Å². The molecule has 0 amide bonds. The molecule has 0 saturated heterocycles. The maximum atomic E-state index is 10.6. The molecule has 2 N–H and O–H groups in total. The lowest BCUT2D eigenvalue weighted by Gasteiger charge is -2.05. The average molecular weight is 280 g/mol. The molecule has 2 heterocycles. The first-order valence-electron chi connectivity index (χ1n) is 5.42. The van der Waals surface area contributed by atoms with Gasteiger partial charge >= 0.3 is 5.97 Å². The van der Waals surface area contributed by atoms with Gasteiger partial charge in [-0.25, -0.2) is 19.4 Å². The number of hydrogen-bond donors (Lipinski definition) is 2. The summed E-state index contributed by atoms with van der Waals surface area (Å²) in [6.07, 6.45) is 4.82. The zero-order valence-electron chi connectivity index (χ0n) is 10.1. The number of aromatic carboxylic acids is 1. The Balaban J connectivity index is 1.86. The van der Waals surface area contributed by atoms with Crippen molar-refractivity contribution in [3.05, 3.63) is 24.3 Å². The lowest BCUT2D eigenvalue weighted by molar-refractivity contribution is 0.0690. The van der Waals surface area contributed by atoms with E-state index in [1.54, 1.807) is 0 Å². The van der Waals surface area contributed by atoms with Gasteiger partial charge in [-0.2, -0.15) is 0 Å². The molecule has 9 heteroatoms. The Morgan fingerprint density at radius 3 is 3.05 bits per heavy atom. The molecule has 100 valence electrons. The summed E-state index contributed by atoms with van der Waals surface area (Å²) in [5, 5.41) is 19.9. The standard InChI is InChI=1S/C10H12N6O2S/c1-19-9-4-8(12-6-13-9)11-2-3-16-5-7(10(17)18)14-15-16/h4-6H,2-3H2,1H3,(H,17,18)(H,11,12,13). The van der Waals surface area contributed by atoms with E-state index < -0.39 is 5.97 Å². The number of nitrogens with zero attached hydrogens (tertiary/aromatic N) is 5. The van der Waals surface area contributed by atoms with Crippen LogP contribution in [0.25, 0.3) is 0 Å². The molecule has 0 aromatic carbocycles. The van der Waals surface area contributed by atoms with Crippen molar-refractivity contribution in [3.8, 4) is 0 Å². The molecule has 0 spiro atoms. The molecule has 0 bridgehead atoms. The van der Waals surface area contributed by atoms with E-state index in [9.17, 15) is 4.79 Å². The van der Waals surface area contributed by atoms with E-state index in [1.807, 2.05) is 12.3 Å². The lowest BCUT2D eigenvalue weighted by atomic mass is 10.5. The summed E-state index contributed by atoms with van der Waals surface area (Å²) in [4.78, 5) is 18.8. The zero-order valence-corrected chi connectivity index (χ0v) is 11.0. The fraction of sp³-hybridized carbons (Fsp3) is 0.300. The molecule has 2 aromatic heterocycles. The molecule has 0 aliphatic heterocycles. The number of nitrogens with one attached hydrogen (secondary N) is 1. The Hall–Kier alpha value is -2.16. The molecule has 0 fully saturated rings. The van der Waals surface area contributed by atoms with Gasteiger partial charge in [-0.3, -0.25) is 0 Å².